The molecule has 0 saturated carbocycles. The van der Waals surface area contributed by atoms with Gasteiger partial charge in [0.05, 0.1) is 0 Å². The van der Waals surface area contributed by atoms with Crippen LogP contribution in [-0.2, 0) is 11.3 Å². The summed E-state index contributed by atoms with van der Waals surface area (Å²) in [5.41, 5.74) is 4.57. The molecule has 2 aromatic carbocycles. The number of hydrogen-bond acceptors (Lipinski definition) is 2. The number of imide groups is 1. The van der Waals surface area contributed by atoms with Crippen molar-refractivity contribution in [3.8, 4) is 0 Å². The van der Waals surface area contributed by atoms with Gasteiger partial charge in [-0.3, -0.25) is 9.69 Å². The van der Waals surface area contributed by atoms with Crippen molar-refractivity contribution < 1.29 is 9.59 Å². The van der Waals surface area contributed by atoms with Gasteiger partial charge in [0.15, 0.2) is 0 Å². The van der Waals surface area contributed by atoms with Crippen molar-refractivity contribution in [2.75, 3.05) is 7.05 Å². The second kappa shape index (κ2) is 6.70. The summed E-state index contributed by atoms with van der Waals surface area (Å²) in [6, 6.07) is 15.9. The van der Waals surface area contributed by atoms with Crippen LogP contribution in [0.15, 0.2) is 58.7 Å². The van der Waals surface area contributed by atoms with Gasteiger partial charge in [0.25, 0.3) is 5.91 Å². The Morgan fingerprint density at radius 3 is 2.44 bits per heavy atom. The van der Waals surface area contributed by atoms with E-state index in [-0.39, 0.29) is 5.91 Å². The van der Waals surface area contributed by atoms with Crippen LogP contribution < -0.4 is 5.32 Å². The first-order valence-electron chi connectivity index (χ1n) is 8.58. The molecule has 0 atom stereocenters. The molecule has 1 fully saturated rings. The molecule has 5 nitrogen and oxygen atoms in total. The predicted molar refractivity (Wildman–Crippen MR) is 109 cm³/mol. The van der Waals surface area contributed by atoms with Crippen molar-refractivity contribution in [3.05, 3.63) is 75.5 Å². The standard InChI is InChI=1S/C21H18BrN3O2/c1-13-17(11-18-20(26)24(2)21(27)23-18)16-5-3-4-6-19(16)25(13)12-14-7-9-15(22)10-8-14/h3-11H,12H2,1-2H3,(H,23,27)/b18-11+. The molecule has 3 aromatic rings. The van der Waals surface area contributed by atoms with Crippen molar-refractivity contribution in [2.45, 2.75) is 13.5 Å². The van der Waals surface area contributed by atoms with Crippen molar-refractivity contribution in [1.29, 1.82) is 0 Å². The Balaban J connectivity index is 1.83. The number of rotatable bonds is 3. The number of nitrogens with one attached hydrogen (secondary N) is 1. The number of fused-ring (bicyclic) bond motifs is 1. The minimum atomic E-state index is -0.400. The van der Waals surface area contributed by atoms with Gasteiger partial charge in [-0.15, -0.1) is 0 Å². The number of carbonyl (C=O) groups excluding carboxylic acids is 2. The number of urea groups is 1. The molecule has 1 N–H and O–H groups in total. The molecule has 0 unspecified atom stereocenters. The third-order valence-electron chi connectivity index (χ3n) is 4.90. The Hall–Kier alpha value is -2.86. The lowest BCUT2D eigenvalue weighted by Crippen LogP contribution is -2.25. The molecule has 3 amide bonds. The van der Waals surface area contributed by atoms with Gasteiger partial charge in [0.1, 0.15) is 5.70 Å². The SMILES string of the molecule is Cc1c(/C=C2/NC(=O)N(C)C2=O)c2ccccc2n1Cc1ccc(Br)cc1. The lowest BCUT2D eigenvalue weighted by atomic mass is 10.1. The van der Waals surface area contributed by atoms with Crippen molar-refractivity contribution in [2.24, 2.45) is 0 Å². The minimum absolute atomic E-state index is 0.303. The molecule has 136 valence electrons. The quantitative estimate of drug-likeness (QED) is 0.504. The van der Waals surface area contributed by atoms with Gasteiger partial charge in [-0.1, -0.05) is 46.3 Å². The smallest absolute Gasteiger partial charge is 0.328 e. The van der Waals surface area contributed by atoms with Gasteiger partial charge in [-0.25, -0.2) is 4.79 Å². The Labute approximate surface area is 165 Å². The lowest BCUT2D eigenvalue weighted by molar-refractivity contribution is -0.121. The zero-order valence-corrected chi connectivity index (χ0v) is 16.6. The number of amides is 3. The summed E-state index contributed by atoms with van der Waals surface area (Å²) < 4.78 is 3.28. The molecule has 0 radical (unpaired) electrons. The fourth-order valence-corrected chi connectivity index (χ4v) is 3.65. The van der Waals surface area contributed by atoms with Crippen LogP contribution in [0.4, 0.5) is 4.79 Å². The van der Waals surface area contributed by atoms with Gasteiger partial charge in [-0.05, 0) is 36.8 Å². The topological polar surface area (TPSA) is 54.3 Å². The van der Waals surface area contributed by atoms with Crippen LogP contribution in [0.5, 0.6) is 0 Å². The third kappa shape index (κ3) is 3.06. The Morgan fingerprint density at radius 1 is 1.07 bits per heavy atom. The van der Waals surface area contributed by atoms with Crippen molar-refractivity contribution in [3.63, 3.8) is 0 Å². The van der Waals surface area contributed by atoms with Crippen LogP contribution in [-0.4, -0.2) is 28.5 Å². The van der Waals surface area contributed by atoms with E-state index in [4.69, 9.17) is 0 Å². The molecule has 1 aliphatic heterocycles. The number of halogens is 1. The van der Waals surface area contributed by atoms with E-state index in [2.05, 4.69) is 44.0 Å². The van der Waals surface area contributed by atoms with E-state index >= 15 is 0 Å². The molecule has 1 aliphatic rings. The molecule has 27 heavy (non-hydrogen) atoms. The number of likely N-dealkylation sites (N-methyl/N-ethyl adjacent to an activating group) is 1. The first-order chi connectivity index (χ1) is 13.0. The fourth-order valence-electron chi connectivity index (χ4n) is 3.38. The normalized spacial score (nSPS) is 15.8. The Bertz CT molecular complexity index is 1100. The van der Waals surface area contributed by atoms with Crippen LogP contribution >= 0.6 is 15.9 Å². The van der Waals surface area contributed by atoms with Crippen LogP contribution in [0.1, 0.15) is 16.8 Å². The fraction of sp³-hybridized carbons (Fsp3) is 0.143. The monoisotopic (exact) mass is 423 g/mol. The highest BCUT2D eigenvalue weighted by molar-refractivity contribution is 9.10. The summed E-state index contributed by atoms with van der Waals surface area (Å²) in [6.07, 6.45) is 1.78. The second-order valence-electron chi connectivity index (χ2n) is 6.58. The zero-order valence-electron chi connectivity index (χ0n) is 15.0. The highest BCUT2D eigenvalue weighted by atomic mass is 79.9. The minimum Gasteiger partial charge on any atom is -0.340 e. The number of carbonyl (C=O) groups is 2. The average Bonchev–Trinajstić information content (AvgIpc) is 3.07. The molecule has 0 aliphatic carbocycles. The van der Waals surface area contributed by atoms with Crippen LogP contribution in [0.2, 0.25) is 0 Å². The van der Waals surface area contributed by atoms with E-state index in [1.807, 2.05) is 37.3 Å². The summed E-state index contributed by atoms with van der Waals surface area (Å²) in [4.78, 5) is 25.1. The highest BCUT2D eigenvalue weighted by Gasteiger charge is 2.30. The van der Waals surface area contributed by atoms with E-state index in [0.29, 0.717) is 5.70 Å². The van der Waals surface area contributed by atoms with E-state index in [0.717, 1.165) is 38.1 Å². The van der Waals surface area contributed by atoms with Gasteiger partial charge >= 0.3 is 6.03 Å². The van der Waals surface area contributed by atoms with Crippen molar-refractivity contribution in [1.82, 2.24) is 14.8 Å². The van der Waals surface area contributed by atoms with Gasteiger partial charge < -0.3 is 9.88 Å². The predicted octanol–water partition coefficient (Wildman–Crippen LogP) is 4.28. The largest absolute Gasteiger partial charge is 0.340 e. The number of nitrogens with zero attached hydrogens (tertiary/aromatic N) is 2. The van der Waals surface area contributed by atoms with Crippen LogP contribution in [0.25, 0.3) is 17.0 Å². The summed E-state index contributed by atoms with van der Waals surface area (Å²) in [7, 11) is 1.47. The van der Waals surface area contributed by atoms with E-state index in [1.165, 1.54) is 12.6 Å². The molecule has 2 heterocycles. The maximum atomic E-state index is 12.3. The molecule has 4 rings (SSSR count). The third-order valence-corrected chi connectivity index (χ3v) is 5.43. The summed E-state index contributed by atoms with van der Waals surface area (Å²) in [5.74, 6) is -0.316. The van der Waals surface area contributed by atoms with Gasteiger partial charge in [-0.2, -0.15) is 0 Å². The molecular formula is C21H18BrN3O2. The molecule has 1 aromatic heterocycles. The maximum Gasteiger partial charge on any atom is 0.328 e. The summed E-state index contributed by atoms with van der Waals surface area (Å²) >= 11 is 3.47. The number of para-hydroxylation sites is 1. The Kier molecular flexibility index (Phi) is 4.36. The lowest BCUT2D eigenvalue weighted by Gasteiger charge is -2.09. The van der Waals surface area contributed by atoms with Crippen LogP contribution in [0, 0.1) is 6.92 Å². The zero-order chi connectivity index (χ0) is 19.1. The molecule has 0 bridgehead atoms. The number of benzene rings is 2. The molecule has 1 saturated heterocycles. The second-order valence-corrected chi connectivity index (χ2v) is 7.50. The summed E-state index contributed by atoms with van der Waals surface area (Å²) in [6.45, 7) is 2.76. The first-order valence-corrected chi connectivity index (χ1v) is 9.38. The van der Waals surface area contributed by atoms with Gasteiger partial charge in [0, 0.05) is 40.2 Å². The van der Waals surface area contributed by atoms with Crippen molar-refractivity contribution >= 4 is 44.8 Å². The molecular weight excluding hydrogens is 406 g/mol. The highest BCUT2D eigenvalue weighted by Crippen LogP contribution is 2.29. The van der Waals surface area contributed by atoms with E-state index < -0.39 is 6.03 Å². The molecule has 6 heteroatoms. The number of hydrogen-bond donors (Lipinski definition) is 1. The maximum absolute atomic E-state index is 12.3. The summed E-state index contributed by atoms with van der Waals surface area (Å²) in [5, 5.41) is 3.70. The van der Waals surface area contributed by atoms with E-state index in [9.17, 15) is 9.59 Å². The van der Waals surface area contributed by atoms with E-state index in [1.54, 1.807) is 6.08 Å². The van der Waals surface area contributed by atoms with Crippen LogP contribution in [0.3, 0.4) is 0 Å². The first kappa shape index (κ1) is 17.5. The van der Waals surface area contributed by atoms with Gasteiger partial charge in [0.2, 0.25) is 0 Å². The molecule has 0 spiro atoms. The Morgan fingerprint density at radius 2 is 1.78 bits per heavy atom. The average molecular weight is 424 g/mol. The number of aromatic nitrogens is 1.